The smallest absolute Gasteiger partial charge is 0.315 e. The zero-order chi connectivity index (χ0) is 15.0. The molecule has 1 saturated carbocycles. The molecule has 3 rings (SSSR count). The fourth-order valence-corrected chi connectivity index (χ4v) is 4.85. The molecule has 0 spiro atoms. The van der Waals surface area contributed by atoms with Crippen LogP contribution in [0.1, 0.15) is 80.3 Å². The maximum atomic E-state index is 12.0. The van der Waals surface area contributed by atoms with E-state index in [0.717, 1.165) is 18.5 Å². The van der Waals surface area contributed by atoms with Crippen LogP contribution in [0.15, 0.2) is 0 Å². The van der Waals surface area contributed by atoms with Gasteiger partial charge in [0, 0.05) is 10.8 Å². The summed E-state index contributed by atoms with van der Waals surface area (Å²) in [6.07, 6.45) is 6.92. The first-order valence-corrected chi connectivity index (χ1v) is 8.98. The van der Waals surface area contributed by atoms with Crippen molar-refractivity contribution in [2.24, 2.45) is 5.41 Å². The molecule has 1 atom stereocenters. The van der Waals surface area contributed by atoms with E-state index < -0.39 is 0 Å². The summed E-state index contributed by atoms with van der Waals surface area (Å²) in [5.74, 6) is 0.416. The van der Waals surface area contributed by atoms with Crippen molar-refractivity contribution < 1.29 is 9.53 Å². The lowest BCUT2D eigenvalue weighted by molar-refractivity contribution is -0.145. The molecule has 0 bridgehead atoms. The molecule has 2 aliphatic rings. The third-order valence-corrected chi connectivity index (χ3v) is 6.29. The lowest BCUT2D eigenvalue weighted by atomic mass is 9.73. The van der Waals surface area contributed by atoms with Crippen LogP contribution < -0.4 is 0 Å². The quantitative estimate of drug-likeness (QED) is 0.776. The molecule has 0 aromatic carbocycles. The first kappa shape index (κ1) is 15.0. The van der Waals surface area contributed by atoms with Crippen LogP contribution in [0.4, 0.5) is 0 Å². The Bertz CT molecular complexity index is 525. The van der Waals surface area contributed by atoms with E-state index in [1.165, 1.54) is 35.6 Å². The predicted molar refractivity (Wildman–Crippen MR) is 84.8 cm³/mol. The highest BCUT2D eigenvalue weighted by Crippen LogP contribution is 2.46. The first-order valence-electron chi connectivity index (χ1n) is 8.16. The van der Waals surface area contributed by atoms with E-state index in [2.05, 4.69) is 13.8 Å². The molecule has 0 aliphatic heterocycles. The van der Waals surface area contributed by atoms with Crippen LogP contribution in [0.3, 0.4) is 0 Å². The molecule has 2 aliphatic carbocycles. The molecule has 3 nitrogen and oxygen atoms in total. The second-order valence-electron chi connectivity index (χ2n) is 7.14. The third-order valence-electron chi connectivity index (χ3n) is 4.99. The van der Waals surface area contributed by atoms with Crippen molar-refractivity contribution in [1.82, 2.24) is 4.98 Å². The van der Waals surface area contributed by atoms with Gasteiger partial charge in [-0.25, -0.2) is 4.98 Å². The molecule has 0 amide bonds. The lowest BCUT2D eigenvalue weighted by Crippen LogP contribution is -2.20. The van der Waals surface area contributed by atoms with E-state index in [0.29, 0.717) is 17.9 Å². The van der Waals surface area contributed by atoms with Crippen LogP contribution in [0.25, 0.3) is 0 Å². The minimum atomic E-state index is -0.106. The number of aromatic nitrogens is 1. The number of ether oxygens (including phenoxy) is 1. The largest absolute Gasteiger partial charge is 0.465 e. The van der Waals surface area contributed by atoms with Crippen molar-refractivity contribution >= 4 is 17.3 Å². The molecule has 1 unspecified atom stereocenters. The van der Waals surface area contributed by atoms with Crippen LogP contribution in [0.2, 0.25) is 0 Å². The summed E-state index contributed by atoms with van der Waals surface area (Å²) in [5, 5.41) is 1.27. The fraction of sp³-hybridized carbons (Fsp3) is 0.765. The molecule has 1 fully saturated rings. The van der Waals surface area contributed by atoms with Crippen LogP contribution in [0, 0.1) is 5.41 Å². The zero-order valence-corrected chi connectivity index (χ0v) is 14.1. The van der Waals surface area contributed by atoms with Gasteiger partial charge in [0.25, 0.3) is 0 Å². The summed E-state index contributed by atoms with van der Waals surface area (Å²) in [6.45, 7) is 7.05. The van der Waals surface area contributed by atoms with Crippen molar-refractivity contribution in [2.75, 3.05) is 6.61 Å². The summed E-state index contributed by atoms with van der Waals surface area (Å²) in [4.78, 5) is 18.2. The number of esters is 1. The minimum Gasteiger partial charge on any atom is -0.465 e. The topological polar surface area (TPSA) is 39.2 Å². The minimum absolute atomic E-state index is 0.0853. The van der Waals surface area contributed by atoms with Gasteiger partial charge in [0.05, 0.1) is 17.3 Å². The van der Waals surface area contributed by atoms with Gasteiger partial charge in [-0.1, -0.05) is 13.8 Å². The number of rotatable bonds is 3. The van der Waals surface area contributed by atoms with Crippen molar-refractivity contribution in [1.29, 1.82) is 0 Å². The Hall–Kier alpha value is -0.900. The molecule has 116 valence electrons. The monoisotopic (exact) mass is 307 g/mol. The number of carbonyl (C=O) groups excluding carboxylic acids is 1. The third kappa shape index (κ3) is 3.01. The predicted octanol–water partition coefficient (Wildman–Crippen LogP) is 4.42. The number of aryl methyl sites for hydroxylation is 1. The standard InChI is InChI=1S/C17H25NO2S/c1-4-20-16(19)12-5-6-13-14(12)18-15(21-13)11-7-9-17(2,3)10-8-11/h11-12H,4-10H2,1-3H3. The van der Waals surface area contributed by atoms with Gasteiger partial charge in [-0.2, -0.15) is 0 Å². The van der Waals surface area contributed by atoms with E-state index in [-0.39, 0.29) is 11.9 Å². The number of nitrogens with zero attached hydrogens (tertiary/aromatic N) is 1. The molecular weight excluding hydrogens is 282 g/mol. The summed E-state index contributed by atoms with van der Waals surface area (Å²) in [6, 6.07) is 0. The molecule has 0 saturated heterocycles. The number of fused-ring (bicyclic) bond motifs is 1. The van der Waals surface area contributed by atoms with Crippen molar-refractivity contribution in [3.05, 3.63) is 15.6 Å². The van der Waals surface area contributed by atoms with E-state index in [1.54, 1.807) is 0 Å². The molecule has 0 radical (unpaired) electrons. The summed E-state index contributed by atoms with van der Waals surface area (Å²) < 4.78 is 5.19. The molecule has 1 heterocycles. The normalized spacial score (nSPS) is 24.8. The van der Waals surface area contributed by atoms with Gasteiger partial charge < -0.3 is 4.74 Å². The van der Waals surface area contributed by atoms with Gasteiger partial charge in [-0.15, -0.1) is 11.3 Å². The van der Waals surface area contributed by atoms with Gasteiger partial charge in [0.2, 0.25) is 0 Å². The number of hydrogen-bond acceptors (Lipinski definition) is 4. The SMILES string of the molecule is CCOC(=O)C1CCc2sc(C3CCC(C)(C)CC3)nc21. The first-order chi connectivity index (χ1) is 10.00. The van der Waals surface area contributed by atoms with Crippen molar-refractivity contribution in [3.63, 3.8) is 0 Å². The molecule has 1 aromatic heterocycles. The van der Waals surface area contributed by atoms with Crippen molar-refractivity contribution in [2.45, 2.75) is 71.1 Å². The molecule has 0 N–H and O–H groups in total. The van der Waals surface area contributed by atoms with Crippen molar-refractivity contribution in [3.8, 4) is 0 Å². The van der Waals surface area contributed by atoms with Gasteiger partial charge in [0.15, 0.2) is 0 Å². The van der Waals surface area contributed by atoms with Gasteiger partial charge in [0.1, 0.15) is 5.92 Å². The number of hydrogen-bond donors (Lipinski definition) is 0. The van der Waals surface area contributed by atoms with E-state index in [9.17, 15) is 4.79 Å². The number of thiazole rings is 1. The highest BCUT2D eigenvalue weighted by atomic mass is 32.1. The Morgan fingerprint density at radius 2 is 2.05 bits per heavy atom. The average molecular weight is 307 g/mol. The Morgan fingerprint density at radius 1 is 1.33 bits per heavy atom. The molecule has 1 aromatic rings. The van der Waals surface area contributed by atoms with Gasteiger partial charge in [-0.3, -0.25) is 4.79 Å². The maximum Gasteiger partial charge on any atom is 0.315 e. The average Bonchev–Trinajstić information content (AvgIpc) is 2.98. The summed E-state index contributed by atoms with van der Waals surface area (Å²) >= 11 is 1.85. The van der Waals surface area contributed by atoms with Crippen LogP contribution in [-0.4, -0.2) is 17.6 Å². The highest BCUT2D eigenvalue weighted by Gasteiger charge is 2.36. The van der Waals surface area contributed by atoms with E-state index in [1.807, 2.05) is 18.3 Å². The second-order valence-corrected chi connectivity index (χ2v) is 8.26. The Labute approximate surface area is 131 Å². The lowest BCUT2D eigenvalue weighted by Gasteiger charge is -2.33. The Kier molecular flexibility index (Phi) is 4.08. The van der Waals surface area contributed by atoms with Crippen LogP contribution >= 0.6 is 11.3 Å². The Balaban J connectivity index is 1.73. The van der Waals surface area contributed by atoms with Crippen LogP contribution in [-0.2, 0) is 16.0 Å². The molecule has 4 heteroatoms. The fourth-order valence-electron chi connectivity index (χ4n) is 3.54. The zero-order valence-electron chi connectivity index (χ0n) is 13.3. The maximum absolute atomic E-state index is 12.0. The molecular formula is C17H25NO2S. The molecule has 21 heavy (non-hydrogen) atoms. The number of carbonyl (C=O) groups is 1. The highest BCUT2D eigenvalue weighted by molar-refractivity contribution is 7.11. The van der Waals surface area contributed by atoms with Crippen LogP contribution in [0.5, 0.6) is 0 Å². The Morgan fingerprint density at radius 3 is 2.71 bits per heavy atom. The van der Waals surface area contributed by atoms with Gasteiger partial charge in [-0.05, 0) is 50.9 Å². The summed E-state index contributed by atoms with van der Waals surface area (Å²) in [5.41, 5.74) is 1.52. The van der Waals surface area contributed by atoms with Gasteiger partial charge >= 0.3 is 5.97 Å². The van der Waals surface area contributed by atoms with E-state index in [4.69, 9.17) is 9.72 Å². The second kappa shape index (κ2) is 5.71. The summed E-state index contributed by atoms with van der Waals surface area (Å²) in [7, 11) is 0. The van der Waals surface area contributed by atoms with E-state index >= 15 is 0 Å².